The molecule has 86 valence electrons. The third kappa shape index (κ3) is 4.63. The van der Waals surface area contributed by atoms with Crippen LogP contribution in [0, 0.1) is 0 Å². The van der Waals surface area contributed by atoms with E-state index in [1.165, 1.54) is 43.3 Å². The molecule has 0 bridgehead atoms. The lowest BCUT2D eigenvalue weighted by Crippen LogP contribution is -2.16. The van der Waals surface area contributed by atoms with E-state index in [9.17, 15) is 18.0 Å². The molecule has 0 spiro atoms. The van der Waals surface area contributed by atoms with Crippen molar-refractivity contribution in [2.45, 2.75) is 13.3 Å². The fourth-order valence-electron chi connectivity index (χ4n) is 0.994. The summed E-state index contributed by atoms with van der Waals surface area (Å²) in [5.41, 5.74) is 0.629. The first kappa shape index (κ1) is 12.3. The number of allylic oxidation sites excluding steroid dienone is 1. The Labute approximate surface area is 90.3 Å². The molecular formula is C11H9F3O2. The van der Waals surface area contributed by atoms with E-state index in [0.717, 1.165) is 0 Å². The van der Waals surface area contributed by atoms with Crippen LogP contribution in [0.15, 0.2) is 30.3 Å². The summed E-state index contributed by atoms with van der Waals surface area (Å²) >= 11 is 0. The van der Waals surface area contributed by atoms with Gasteiger partial charge in [-0.05, 0) is 30.7 Å². The molecular weight excluding hydrogens is 221 g/mol. The molecule has 0 atom stereocenters. The summed E-state index contributed by atoms with van der Waals surface area (Å²) in [6.07, 6.45) is -1.84. The molecule has 0 heterocycles. The maximum Gasteiger partial charge on any atom is 0.573 e. The number of hydrogen-bond acceptors (Lipinski definition) is 2. The lowest BCUT2D eigenvalue weighted by molar-refractivity contribution is -0.274. The van der Waals surface area contributed by atoms with Crippen molar-refractivity contribution >= 4 is 11.9 Å². The first-order chi connectivity index (χ1) is 7.37. The van der Waals surface area contributed by atoms with E-state index in [1.54, 1.807) is 0 Å². The molecule has 1 rings (SSSR count). The van der Waals surface area contributed by atoms with Gasteiger partial charge in [0.05, 0.1) is 0 Å². The van der Waals surface area contributed by atoms with Crippen LogP contribution >= 0.6 is 0 Å². The summed E-state index contributed by atoms with van der Waals surface area (Å²) in [6, 6.07) is 5.24. The van der Waals surface area contributed by atoms with Crippen LogP contribution in [0.2, 0.25) is 0 Å². The lowest BCUT2D eigenvalue weighted by Gasteiger charge is -2.08. The monoisotopic (exact) mass is 230 g/mol. The maximum absolute atomic E-state index is 11.8. The minimum atomic E-state index is -4.68. The first-order valence-corrected chi connectivity index (χ1v) is 4.41. The molecule has 0 radical (unpaired) electrons. The lowest BCUT2D eigenvalue weighted by atomic mass is 10.2. The van der Waals surface area contributed by atoms with Gasteiger partial charge in [0.15, 0.2) is 5.78 Å². The van der Waals surface area contributed by atoms with Gasteiger partial charge in [0.25, 0.3) is 0 Å². The van der Waals surface area contributed by atoms with Crippen LogP contribution < -0.4 is 4.74 Å². The molecule has 5 heteroatoms. The number of benzene rings is 1. The highest BCUT2D eigenvalue weighted by Crippen LogP contribution is 2.22. The van der Waals surface area contributed by atoms with Crippen molar-refractivity contribution in [3.8, 4) is 5.75 Å². The highest BCUT2D eigenvalue weighted by molar-refractivity contribution is 5.91. The van der Waals surface area contributed by atoms with Gasteiger partial charge in [-0.1, -0.05) is 18.2 Å². The Balaban J connectivity index is 2.72. The van der Waals surface area contributed by atoms with Gasteiger partial charge in [-0.2, -0.15) is 0 Å². The molecule has 0 fully saturated rings. The Kier molecular flexibility index (Phi) is 3.71. The fraction of sp³-hybridized carbons (Fsp3) is 0.182. The Morgan fingerprint density at radius 3 is 2.25 bits per heavy atom. The minimum absolute atomic E-state index is 0.129. The van der Waals surface area contributed by atoms with E-state index in [4.69, 9.17) is 0 Å². The molecule has 0 aliphatic heterocycles. The zero-order valence-electron chi connectivity index (χ0n) is 8.41. The molecule has 1 aromatic rings. The van der Waals surface area contributed by atoms with Crippen LogP contribution in [-0.2, 0) is 4.79 Å². The normalized spacial score (nSPS) is 11.8. The molecule has 1 aromatic carbocycles. The number of ether oxygens (including phenoxy) is 1. The SMILES string of the molecule is CC(=O)/C=C/c1ccc(OC(F)(F)F)cc1. The first-order valence-electron chi connectivity index (χ1n) is 4.41. The van der Waals surface area contributed by atoms with E-state index in [0.29, 0.717) is 5.56 Å². The summed E-state index contributed by atoms with van der Waals surface area (Å²) in [5.74, 6) is -0.414. The van der Waals surface area contributed by atoms with Crippen molar-refractivity contribution in [2.75, 3.05) is 0 Å². The Hall–Kier alpha value is -1.78. The third-order valence-corrected chi connectivity index (χ3v) is 1.62. The highest BCUT2D eigenvalue weighted by atomic mass is 19.4. The average molecular weight is 230 g/mol. The van der Waals surface area contributed by atoms with E-state index < -0.39 is 6.36 Å². The van der Waals surface area contributed by atoms with Crippen LogP contribution in [0.4, 0.5) is 13.2 Å². The van der Waals surface area contributed by atoms with E-state index >= 15 is 0 Å². The van der Waals surface area contributed by atoms with Gasteiger partial charge in [0.1, 0.15) is 5.75 Å². The van der Waals surface area contributed by atoms with Crippen molar-refractivity contribution < 1.29 is 22.7 Å². The van der Waals surface area contributed by atoms with E-state index in [1.807, 2.05) is 0 Å². The second-order valence-corrected chi connectivity index (χ2v) is 3.06. The molecule has 0 amide bonds. The van der Waals surface area contributed by atoms with Gasteiger partial charge in [-0.3, -0.25) is 4.79 Å². The molecule has 0 saturated heterocycles. The summed E-state index contributed by atoms with van der Waals surface area (Å²) < 4.78 is 39.1. The average Bonchev–Trinajstić information content (AvgIpc) is 2.14. The molecule has 0 aliphatic rings. The van der Waals surface area contributed by atoms with Crippen molar-refractivity contribution in [1.82, 2.24) is 0 Å². The Morgan fingerprint density at radius 2 is 1.81 bits per heavy atom. The number of carbonyl (C=O) groups excluding carboxylic acids is 1. The number of carbonyl (C=O) groups is 1. The molecule has 2 nitrogen and oxygen atoms in total. The summed E-state index contributed by atoms with van der Waals surface area (Å²) in [6.45, 7) is 1.39. The zero-order valence-corrected chi connectivity index (χ0v) is 8.41. The van der Waals surface area contributed by atoms with E-state index in [-0.39, 0.29) is 11.5 Å². The number of ketones is 1. The second-order valence-electron chi connectivity index (χ2n) is 3.06. The standard InChI is InChI=1S/C11H9F3O2/c1-8(15)2-3-9-4-6-10(7-5-9)16-11(12,13)14/h2-7H,1H3/b3-2+. The number of hydrogen-bond donors (Lipinski definition) is 0. The molecule has 0 aliphatic carbocycles. The van der Waals surface area contributed by atoms with Crippen molar-refractivity contribution in [3.63, 3.8) is 0 Å². The van der Waals surface area contributed by atoms with E-state index in [2.05, 4.69) is 4.74 Å². The molecule has 0 N–H and O–H groups in total. The van der Waals surface area contributed by atoms with Gasteiger partial charge in [-0.25, -0.2) is 0 Å². The van der Waals surface area contributed by atoms with Crippen LogP contribution in [0.1, 0.15) is 12.5 Å². The second kappa shape index (κ2) is 4.83. The van der Waals surface area contributed by atoms with Gasteiger partial charge >= 0.3 is 6.36 Å². The predicted octanol–water partition coefficient (Wildman–Crippen LogP) is 3.19. The Morgan fingerprint density at radius 1 is 1.25 bits per heavy atom. The summed E-state index contributed by atoms with van der Waals surface area (Å²) in [4.78, 5) is 10.6. The summed E-state index contributed by atoms with van der Waals surface area (Å²) in [7, 11) is 0. The van der Waals surface area contributed by atoms with Gasteiger partial charge in [-0.15, -0.1) is 13.2 Å². The molecule has 0 saturated carbocycles. The fourth-order valence-corrected chi connectivity index (χ4v) is 0.994. The largest absolute Gasteiger partial charge is 0.573 e. The number of alkyl halides is 3. The van der Waals surface area contributed by atoms with Crippen LogP contribution in [0.3, 0.4) is 0 Å². The molecule has 0 aromatic heterocycles. The quantitative estimate of drug-likeness (QED) is 0.745. The number of halogens is 3. The predicted molar refractivity (Wildman–Crippen MR) is 52.8 cm³/mol. The highest BCUT2D eigenvalue weighted by Gasteiger charge is 2.30. The maximum atomic E-state index is 11.8. The minimum Gasteiger partial charge on any atom is -0.406 e. The van der Waals surface area contributed by atoms with Crippen LogP contribution in [-0.4, -0.2) is 12.1 Å². The number of rotatable bonds is 3. The van der Waals surface area contributed by atoms with Gasteiger partial charge < -0.3 is 4.74 Å². The molecule has 16 heavy (non-hydrogen) atoms. The van der Waals surface area contributed by atoms with Crippen molar-refractivity contribution in [3.05, 3.63) is 35.9 Å². The van der Waals surface area contributed by atoms with Gasteiger partial charge in [0, 0.05) is 0 Å². The Bertz CT molecular complexity index is 391. The zero-order chi connectivity index (χ0) is 12.2. The topological polar surface area (TPSA) is 26.3 Å². The van der Waals surface area contributed by atoms with Crippen molar-refractivity contribution in [2.24, 2.45) is 0 Å². The van der Waals surface area contributed by atoms with Crippen LogP contribution in [0.5, 0.6) is 5.75 Å². The van der Waals surface area contributed by atoms with Crippen molar-refractivity contribution in [1.29, 1.82) is 0 Å². The molecule has 0 unspecified atom stereocenters. The van der Waals surface area contributed by atoms with Gasteiger partial charge in [0.2, 0.25) is 0 Å². The van der Waals surface area contributed by atoms with Crippen LogP contribution in [0.25, 0.3) is 6.08 Å². The third-order valence-electron chi connectivity index (χ3n) is 1.62. The summed E-state index contributed by atoms with van der Waals surface area (Å²) in [5, 5.41) is 0. The smallest absolute Gasteiger partial charge is 0.406 e.